The predicted octanol–water partition coefficient (Wildman–Crippen LogP) is 2.58. The van der Waals surface area contributed by atoms with Crippen molar-refractivity contribution < 1.29 is 9.53 Å². The Morgan fingerprint density at radius 3 is 2.78 bits per heavy atom. The molecule has 3 rings (SSSR count). The zero-order valence-corrected chi connectivity index (χ0v) is 13.7. The molecule has 1 aromatic heterocycles. The zero-order valence-electron chi connectivity index (χ0n) is 13.7. The molecule has 23 heavy (non-hydrogen) atoms. The molecular weight excluding hydrogens is 290 g/mol. The average molecular weight is 313 g/mol. The van der Waals surface area contributed by atoms with Gasteiger partial charge in [0, 0.05) is 19.9 Å². The van der Waals surface area contributed by atoms with Crippen LogP contribution in [0.25, 0.3) is 0 Å². The minimum absolute atomic E-state index is 0.00126. The monoisotopic (exact) mass is 313 g/mol. The lowest BCUT2D eigenvalue weighted by atomic mass is 9.92. The molecule has 1 amide bonds. The second kappa shape index (κ2) is 6.96. The summed E-state index contributed by atoms with van der Waals surface area (Å²) in [6.45, 7) is 2.84. The van der Waals surface area contributed by atoms with Crippen LogP contribution in [0.2, 0.25) is 0 Å². The van der Waals surface area contributed by atoms with E-state index >= 15 is 0 Å². The van der Waals surface area contributed by atoms with Gasteiger partial charge in [0.2, 0.25) is 0 Å². The van der Waals surface area contributed by atoms with Gasteiger partial charge in [-0.05, 0) is 37.8 Å². The lowest BCUT2D eigenvalue weighted by Crippen LogP contribution is -2.52. The van der Waals surface area contributed by atoms with E-state index in [1.54, 1.807) is 19.4 Å². The Kier molecular flexibility index (Phi) is 4.76. The number of nitrogens with one attached hydrogen (secondary N) is 1. The Hall–Kier alpha value is -2.14. The Labute approximate surface area is 136 Å². The number of hydrogen-bond donors (Lipinski definition) is 1. The highest BCUT2D eigenvalue weighted by Gasteiger charge is 2.35. The number of nitrogens with zero attached hydrogens (tertiary/aromatic N) is 2. The summed E-state index contributed by atoms with van der Waals surface area (Å²) in [6, 6.07) is 10.3. The second-order valence-electron chi connectivity index (χ2n) is 6.14. The van der Waals surface area contributed by atoms with Crippen LogP contribution in [0.1, 0.15) is 34.5 Å². The molecular formula is C18H23N3O2. The lowest BCUT2D eigenvalue weighted by Gasteiger charge is -2.40. The maximum atomic E-state index is 12.8. The van der Waals surface area contributed by atoms with E-state index < -0.39 is 0 Å². The topological polar surface area (TPSA) is 58.2 Å². The first-order valence-corrected chi connectivity index (χ1v) is 8.07. The molecule has 1 N–H and O–H groups in total. The van der Waals surface area contributed by atoms with Crippen molar-refractivity contribution in [3.8, 4) is 0 Å². The fourth-order valence-electron chi connectivity index (χ4n) is 3.29. The van der Waals surface area contributed by atoms with Crippen molar-refractivity contribution >= 4 is 5.91 Å². The van der Waals surface area contributed by atoms with E-state index in [1.807, 2.05) is 4.90 Å². The van der Waals surface area contributed by atoms with Gasteiger partial charge in [0.05, 0.1) is 12.1 Å². The first kappa shape index (κ1) is 15.7. The number of piperidine rings is 1. The van der Waals surface area contributed by atoms with E-state index in [0.717, 1.165) is 25.8 Å². The second-order valence-corrected chi connectivity index (χ2v) is 6.14. The molecule has 0 radical (unpaired) electrons. The number of methoxy groups -OCH3 is 1. The van der Waals surface area contributed by atoms with Gasteiger partial charge < -0.3 is 9.64 Å². The molecule has 1 saturated heterocycles. The third-order valence-corrected chi connectivity index (χ3v) is 4.58. The number of rotatable bonds is 4. The van der Waals surface area contributed by atoms with Gasteiger partial charge in [-0.25, -0.2) is 0 Å². The van der Waals surface area contributed by atoms with E-state index in [4.69, 9.17) is 4.74 Å². The third kappa shape index (κ3) is 3.45. The van der Waals surface area contributed by atoms with Gasteiger partial charge in [-0.2, -0.15) is 5.10 Å². The molecule has 1 aliphatic rings. The van der Waals surface area contributed by atoms with Gasteiger partial charge in [-0.15, -0.1) is 0 Å². The number of amides is 1. The van der Waals surface area contributed by atoms with Gasteiger partial charge in [0.15, 0.2) is 0 Å². The molecule has 0 unspecified atom stereocenters. The van der Waals surface area contributed by atoms with Crippen molar-refractivity contribution in [1.82, 2.24) is 15.1 Å². The van der Waals surface area contributed by atoms with Crippen molar-refractivity contribution in [3.63, 3.8) is 0 Å². The molecule has 5 heteroatoms. The summed E-state index contributed by atoms with van der Waals surface area (Å²) in [5.41, 5.74) is 3.01. The summed E-state index contributed by atoms with van der Waals surface area (Å²) in [4.78, 5) is 14.7. The van der Waals surface area contributed by atoms with Gasteiger partial charge in [-0.3, -0.25) is 9.89 Å². The molecule has 1 aromatic carbocycles. The van der Waals surface area contributed by atoms with E-state index in [-0.39, 0.29) is 18.1 Å². The Morgan fingerprint density at radius 2 is 2.13 bits per heavy atom. The number of H-pyrrole nitrogens is 1. The van der Waals surface area contributed by atoms with Crippen LogP contribution in [-0.4, -0.2) is 46.8 Å². The van der Waals surface area contributed by atoms with Crippen LogP contribution in [0.3, 0.4) is 0 Å². The summed E-state index contributed by atoms with van der Waals surface area (Å²) in [7, 11) is 1.73. The number of aromatic amines is 1. The Bertz CT molecular complexity index is 637. The van der Waals surface area contributed by atoms with E-state index in [2.05, 4.69) is 41.4 Å². The van der Waals surface area contributed by atoms with Crippen molar-refractivity contribution in [3.05, 3.63) is 53.3 Å². The number of aromatic nitrogens is 2. The molecule has 0 bridgehead atoms. The fraction of sp³-hybridized carbons (Fsp3) is 0.444. The number of carbonyl (C=O) groups excluding carboxylic acids is 1. The molecule has 0 saturated carbocycles. The number of likely N-dealkylation sites (tertiary alicyclic amines) is 1. The molecule has 0 spiro atoms. The average Bonchev–Trinajstić information content (AvgIpc) is 3.11. The number of benzene rings is 1. The predicted molar refractivity (Wildman–Crippen MR) is 88.3 cm³/mol. The number of aryl methyl sites for hydroxylation is 1. The highest BCUT2D eigenvalue weighted by atomic mass is 16.5. The van der Waals surface area contributed by atoms with Gasteiger partial charge >= 0.3 is 0 Å². The minimum Gasteiger partial charge on any atom is -0.379 e. The van der Waals surface area contributed by atoms with Gasteiger partial charge in [-0.1, -0.05) is 29.8 Å². The SMILES string of the molecule is CO[C@H]1CCCN(C(=O)c2ccn[nH]2)[C@H]1Cc1ccc(C)cc1. The van der Waals surface area contributed by atoms with Crippen LogP contribution in [0.15, 0.2) is 36.5 Å². The molecule has 5 nitrogen and oxygen atoms in total. The van der Waals surface area contributed by atoms with Gasteiger partial charge in [0.25, 0.3) is 5.91 Å². The summed E-state index contributed by atoms with van der Waals surface area (Å²) in [5.74, 6) is 0.00126. The normalized spacial score (nSPS) is 21.4. The molecule has 1 fully saturated rings. The van der Waals surface area contributed by atoms with Crippen LogP contribution in [0.4, 0.5) is 0 Å². The largest absolute Gasteiger partial charge is 0.379 e. The summed E-state index contributed by atoms with van der Waals surface area (Å²) < 4.78 is 5.68. The Balaban J connectivity index is 1.83. The van der Waals surface area contributed by atoms with Crippen molar-refractivity contribution in [2.75, 3.05) is 13.7 Å². The van der Waals surface area contributed by atoms with Crippen LogP contribution in [-0.2, 0) is 11.2 Å². The first-order chi connectivity index (χ1) is 11.2. The molecule has 2 heterocycles. The summed E-state index contributed by atoms with van der Waals surface area (Å²) in [5, 5.41) is 6.67. The van der Waals surface area contributed by atoms with Gasteiger partial charge in [0.1, 0.15) is 5.69 Å². The summed E-state index contributed by atoms with van der Waals surface area (Å²) in [6.07, 6.45) is 4.43. The first-order valence-electron chi connectivity index (χ1n) is 8.07. The van der Waals surface area contributed by atoms with E-state index in [1.165, 1.54) is 11.1 Å². The number of hydrogen-bond acceptors (Lipinski definition) is 3. The minimum atomic E-state index is 0.00126. The molecule has 1 aliphatic heterocycles. The standard InChI is InChI=1S/C18H23N3O2/c1-13-5-7-14(8-6-13)12-16-17(23-2)4-3-11-21(16)18(22)15-9-10-19-20-15/h5-10,16-17H,3-4,11-12H2,1-2H3,(H,19,20)/t16-,17-/m0/s1. The van der Waals surface area contributed by atoms with Crippen LogP contribution >= 0.6 is 0 Å². The maximum Gasteiger partial charge on any atom is 0.272 e. The number of ether oxygens (including phenoxy) is 1. The van der Waals surface area contributed by atoms with Crippen molar-refractivity contribution in [1.29, 1.82) is 0 Å². The molecule has 2 atom stereocenters. The fourth-order valence-corrected chi connectivity index (χ4v) is 3.29. The van der Waals surface area contributed by atoms with Crippen LogP contribution in [0.5, 0.6) is 0 Å². The van der Waals surface area contributed by atoms with Crippen molar-refractivity contribution in [2.45, 2.75) is 38.3 Å². The van der Waals surface area contributed by atoms with Crippen LogP contribution in [0, 0.1) is 6.92 Å². The zero-order chi connectivity index (χ0) is 16.2. The van der Waals surface area contributed by atoms with Crippen LogP contribution < -0.4 is 0 Å². The maximum absolute atomic E-state index is 12.8. The molecule has 2 aromatic rings. The third-order valence-electron chi connectivity index (χ3n) is 4.58. The summed E-state index contributed by atoms with van der Waals surface area (Å²) >= 11 is 0. The Morgan fingerprint density at radius 1 is 1.35 bits per heavy atom. The molecule has 122 valence electrons. The quantitative estimate of drug-likeness (QED) is 0.944. The van der Waals surface area contributed by atoms with Crippen molar-refractivity contribution in [2.24, 2.45) is 0 Å². The lowest BCUT2D eigenvalue weighted by molar-refractivity contribution is -0.0120. The smallest absolute Gasteiger partial charge is 0.272 e. The van der Waals surface area contributed by atoms with E-state index in [9.17, 15) is 4.79 Å². The highest BCUT2D eigenvalue weighted by Crippen LogP contribution is 2.25. The number of carbonyl (C=O) groups is 1. The van der Waals surface area contributed by atoms with E-state index in [0.29, 0.717) is 5.69 Å². The molecule has 0 aliphatic carbocycles. The highest BCUT2D eigenvalue weighted by molar-refractivity contribution is 5.92.